The van der Waals surface area contributed by atoms with Gasteiger partial charge in [0.2, 0.25) is 0 Å². The number of anilines is 1. The molecule has 1 aromatic heterocycles. The number of amides is 1. The van der Waals surface area contributed by atoms with Crippen molar-refractivity contribution in [3.8, 4) is 0 Å². The van der Waals surface area contributed by atoms with Crippen LogP contribution >= 0.6 is 0 Å². The van der Waals surface area contributed by atoms with Gasteiger partial charge in [-0.1, -0.05) is 12.1 Å². The Morgan fingerprint density at radius 3 is 2.62 bits per heavy atom. The molecule has 2 aromatic rings. The number of ether oxygens (including phenoxy) is 1. The third-order valence-corrected chi connectivity index (χ3v) is 4.03. The molecule has 1 aromatic carbocycles. The molecular formula is C18H21FN4O3. The Bertz CT molecular complexity index is 870. The van der Waals surface area contributed by atoms with Crippen molar-refractivity contribution in [1.82, 2.24) is 14.7 Å². The Labute approximate surface area is 150 Å². The van der Waals surface area contributed by atoms with Crippen LogP contribution in [0.5, 0.6) is 0 Å². The molecule has 3 rings (SSSR count). The summed E-state index contributed by atoms with van der Waals surface area (Å²) in [4.78, 5) is 26.3. The largest absolute Gasteiger partial charge is 0.444 e. The molecule has 0 saturated heterocycles. The lowest BCUT2D eigenvalue weighted by molar-refractivity contribution is 0.0221. The van der Waals surface area contributed by atoms with E-state index in [1.54, 1.807) is 26.8 Å². The first-order chi connectivity index (χ1) is 12.2. The van der Waals surface area contributed by atoms with Crippen molar-refractivity contribution in [2.24, 2.45) is 0 Å². The molecule has 0 atom stereocenters. The lowest BCUT2D eigenvalue weighted by Crippen LogP contribution is -2.39. The zero-order chi connectivity index (χ0) is 19.1. The number of aromatic nitrogens is 2. The van der Waals surface area contributed by atoms with Crippen LogP contribution in [-0.2, 0) is 17.7 Å². The molecule has 0 radical (unpaired) electrons. The Balaban J connectivity index is 1.86. The average Bonchev–Trinajstić information content (AvgIpc) is 2.89. The predicted molar refractivity (Wildman–Crippen MR) is 93.1 cm³/mol. The number of rotatable bonds is 1. The van der Waals surface area contributed by atoms with Crippen molar-refractivity contribution in [2.75, 3.05) is 12.3 Å². The second kappa shape index (κ2) is 6.44. The Morgan fingerprint density at radius 1 is 1.27 bits per heavy atom. The van der Waals surface area contributed by atoms with Gasteiger partial charge in [-0.05, 0) is 39.3 Å². The summed E-state index contributed by atoms with van der Waals surface area (Å²) in [5.41, 5.74) is 6.57. The van der Waals surface area contributed by atoms with E-state index in [0.717, 1.165) is 4.68 Å². The van der Waals surface area contributed by atoms with Gasteiger partial charge in [0, 0.05) is 12.1 Å². The minimum atomic E-state index is -0.640. The second-order valence-electron chi connectivity index (χ2n) is 7.16. The summed E-state index contributed by atoms with van der Waals surface area (Å²) in [5, 5.41) is 4.22. The minimum Gasteiger partial charge on any atom is -0.444 e. The highest BCUT2D eigenvalue weighted by Crippen LogP contribution is 2.26. The molecule has 26 heavy (non-hydrogen) atoms. The highest BCUT2D eigenvalue weighted by atomic mass is 19.1. The lowest BCUT2D eigenvalue weighted by Gasteiger charge is -2.29. The maximum absolute atomic E-state index is 13.9. The maximum atomic E-state index is 13.9. The summed E-state index contributed by atoms with van der Waals surface area (Å²) in [5.74, 6) is -1.10. The molecule has 0 saturated carbocycles. The van der Waals surface area contributed by atoms with E-state index in [9.17, 15) is 14.0 Å². The van der Waals surface area contributed by atoms with Gasteiger partial charge in [0.15, 0.2) is 0 Å². The van der Waals surface area contributed by atoms with Crippen LogP contribution in [-0.4, -0.2) is 38.8 Å². The van der Waals surface area contributed by atoms with Crippen LogP contribution in [0.1, 0.15) is 42.4 Å². The monoisotopic (exact) mass is 360 g/mol. The zero-order valence-corrected chi connectivity index (χ0v) is 15.0. The highest BCUT2D eigenvalue weighted by molar-refractivity contribution is 5.97. The predicted octanol–water partition coefficient (Wildman–Crippen LogP) is 2.59. The number of hydrogen-bond acceptors (Lipinski definition) is 5. The van der Waals surface area contributed by atoms with E-state index in [4.69, 9.17) is 10.5 Å². The molecule has 0 unspecified atom stereocenters. The number of nitrogen functional groups attached to an aromatic ring is 1. The molecule has 2 N–H and O–H groups in total. The van der Waals surface area contributed by atoms with Crippen molar-refractivity contribution in [3.05, 3.63) is 46.9 Å². The summed E-state index contributed by atoms with van der Waals surface area (Å²) in [6, 6.07) is 5.66. The fraction of sp³-hybridized carbons (Fsp3) is 0.389. The van der Waals surface area contributed by atoms with Gasteiger partial charge in [0.1, 0.15) is 17.2 Å². The molecule has 1 aliphatic heterocycles. The number of nitrogens with two attached hydrogens (primary N) is 1. The summed E-state index contributed by atoms with van der Waals surface area (Å²) in [6.07, 6.45) is 0.00187. The van der Waals surface area contributed by atoms with Gasteiger partial charge in [-0.25, -0.2) is 9.18 Å². The van der Waals surface area contributed by atoms with E-state index in [-0.39, 0.29) is 17.9 Å². The van der Waals surface area contributed by atoms with Gasteiger partial charge in [0.05, 0.1) is 17.8 Å². The molecule has 0 fully saturated rings. The molecule has 138 valence electrons. The van der Waals surface area contributed by atoms with Gasteiger partial charge in [-0.3, -0.25) is 4.79 Å². The van der Waals surface area contributed by atoms with E-state index in [1.807, 2.05) is 0 Å². The van der Waals surface area contributed by atoms with Crippen molar-refractivity contribution < 1.29 is 18.7 Å². The summed E-state index contributed by atoms with van der Waals surface area (Å²) >= 11 is 0. The summed E-state index contributed by atoms with van der Waals surface area (Å²) in [7, 11) is 0. The molecule has 0 spiro atoms. The van der Waals surface area contributed by atoms with Crippen LogP contribution in [0.15, 0.2) is 24.3 Å². The Kier molecular flexibility index (Phi) is 4.43. The molecule has 2 heterocycles. The molecule has 8 heteroatoms. The van der Waals surface area contributed by atoms with Gasteiger partial charge in [-0.2, -0.15) is 9.78 Å². The van der Waals surface area contributed by atoms with Crippen LogP contribution < -0.4 is 5.73 Å². The topological polar surface area (TPSA) is 90.5 Å². The molecular weight excluding hydrogens is 339 g/mol. The highest BCUT2D eigenvalue weighted by Gasteiger charge is 2.30. The molecule has 7 nitrogen and oxygen atoms in total. The first kappa shape index (κ1) is 17.9. The smallest absolute Gasteiger partial charge is 0.410 e. The third-order valence-electron chi connectivity index (χ3n) is 4.03. The van der Waals surface area contributed by atoms with Gasteiger partial charge in [-0.15, -0.1) is 0 Å². The van der Waals surface area contributed by atoms with Gasteiger partial charge >= 0.3 is 6.09 Å². The van der Waals surface area contributed by atoms with Crippen LogP contribution in [0.2, 0.25) is 0 Å². The Morgan fingerprint density at radius 2 is 1.96 bits per heavy atom. The van der Waals surface area contributed by atoms with Crippen LogP contribution in [0.3, 0.4) is 0 Å². The van der Waals surface area contributed by atoms with Crippen molar-refractivity contribution in [3.63, 3.8) is 0 Å². The normalized spacial score (nSPS) is 14.1. The average molecular weight is 360 g/mol. The zero-order valence-electron chi connectivity index (χ0n) is 15.0. The number of carbonyl (C=O) groups excluding carboxylic acids is 2. The number of halogens is 1. The van der Waals surface area contributed by atoms with Crippen LogP contribution in [0.25, 0.3) is 0 Å². The summed E-state index contributed by atoms with van der Waals surface area (Å²) < 4.78 is 20.3. The van der Waals surface area contributed by atoms with E-state index < -0.39 is 23.4 Å². The number of carbonyl (C=O) groups is 2. The first-order valence-electron chi connectivity index (χ1n) is 8.31. The second-order valence-corrected chi connectivity index (χ2v) is 7.16. The van der Waals surface area contributed by atoms with E-state index in [2.05, 4.69) is 5.10 Å². The standard InChI is InChI=1S/C18H21FN4O3/c1-18(2,3)26-17(25)22-9-8-12-14(10-22)21-23(15(12)20)16(24)11-6-4-5-7-13(11)19/h4-7H,8-10,20H2,1-3H3. The Hall–Kier alpha value is -2.90. The number of nitrogens with zero attached hydrogens (tertiary/aromatic N) is 3. The summed E-state index contributed by atoms with van der Waals surface area (Å²) in [6.45, 7) is 5.97. The molecule has 0 aliphatic carbocycles. The van der Waals surface area contributed by atoms with E-state index in [0.29, 0.717) is 24.2 Å². The van der Waals surface area contributed by atoms with Crippen molar-refractivity contribution >= 4 is 17.8 Å². The molecule has 1 amide bonds. The quantitative estimate of drug-likeness (QED) is 0.844. The third kappa shape index (κ3) is 3.40. The minimum absolute atomic E-state index is 0.108. The fourth-order valence-corrected chi connectivity index (χ4v) is 2.80. The SMILES string of the molecule is CC(C)(C)OC(=O)N1CCc2c(nn(C(=O)c3ccccc3F)c2N)C1. The molecule has 1 aliphatic rings. The first-order valence-corrected chi connectivity index (χ1v) is 8.31. The van der Waals surface area contributed by atoms with Gasteiger partial charge in [0.25, 0.3) is 5.91 Å². The van der Waals surface area contributed by atoms with Crippen LogP contribution in [0, 0.1) is 5.82 Å². The maximum Gasteiger partial charge on any atom is 0.410 e. The van der Waals surface area contributed by atoms with Crippen molar-refractivity contribution in [2.45, 2.75) is 39.3 Å². The fourth-order valence-electron chi connectivity index (χ4n) is 2.80. The van der Waals surface area contributed by atoms with Gasteiger partial charge < -0.3 is 15.4 Å². The number of hydrogen-bond donors (Lipinski definition) is 1. The molecule has 0 bridgehead atoms. The lowest BCUT2D eigenvalue weighted by atomic mass is 10.1. The van der Waals surface area contributed by atoms with E-state index >= 15 is 0 Å². The van der Waals surface area contributed by atoms with Crippen LogP contribution in [0.4, 0.5) is 15.0 Å². The number of fused-ring (bicyclic) bond motifs is 1. The van der Waals surface area contributed by atoms with Crippen molar-refractivity contribution in [1.29, 1.82) is 0 Å². The number of benzene rings is 1. The van der Waals surface area contributed by atoms with E-state index in [1.165, 1.54) is 23.1 Å².